The largest absolute Gasteiger partial charge is 0.299 e. The number of hydrogen-bond donors (Lipinski definition) is 1. The van der Waals surface area contributed by atoms with E-state index >= 15 is 0 Å². The molecule has 0 aromatic rings. The van der Waals surface area contributed by atoms with E-state index in [9.17, 15) is 4.79 Å². The maximum atomic E-state index is 11.0. The number of carbonyl (C=O) groups is 1. The molecule has 0 aromatic carbocycles. The Balaban J connectivity index is 3.24. The van der Waals surface area contributed by atoms with E-state index in [-0.39, 0.29) is 5.78 Å². The van der Waals surface area contributed by atoms with Crippen molar-refractivity contribution >= 4 is 5.78 Å². The van der Waals surface area contributed by atoms with Crippen molar-refractivity contribution in [3.8, 4) is 24.7 Å². The summed E-state index contributed by atoms with van der Waals surface area (Å²) in [5.74, 6) is 5.05. The second-order valence-electron chi connectivity index (χ2n) is 2.40. The normalized spacial score (nSPS) is 8.50. The summed E-state index contributed by atoms with van der Waals surface area (Å²) in [6.07, 6.45) is 12.0. The number of Topliss-reactive ketones (excluding diaryl/α,β-unsaturated/α-hetero) is 1. The predicted molar refractivity (Wildman–Crippen MR) is 49.4 cm³/mol. The molecule has 0 bridgehead atoms. The molecule has 2 heteroatoms. The van der Waals surface area contributed by atoms with Gasteiger partial charge in [-0.1, -0.05) is 5.92 Å². The van der Waals surface area contributed by atoms with E-state index in [0.29, 0.717) is 25.9 Å². The minimum absolute atomic E-state index is 0.167. The Kier molecular flexibility index (Phi) is 7.03. The van der Waals surface area contributed by atoms with Crippen LogP contribution in [0.3, 0.4) is 0 Å². The molecule has 0 aliphatic carbocycles. The maximum Gasteiger partial charge on any atom is 0.146 e. The summed E-state index contributed by atoms with van der Waals surface area (Å²) in [5.41, 5.74) is 0. The molecule has 0 aromatic heterocycles. The van der Waals surface area contributed by atoms with E-state index in [4.69, 9.17) is 12.8 Å². The van der Waals surface area contributed by atoms with Crippen molar-refractivity contribution < 1.29 is 4.79 Å². The Bertz CT molecular complexity index is 185. The molecule has 0 saturated carbocycles. The fraction of sp³-hybridized carbons (Fsp3) is 0.500. The van der Waals surface area contributed by atoms with Gasteiger partial charge < -0.3 is 0 Å². The van der Waals surface area contributed by atoms with Crippen molar-refractivity contribution in [3.05, 3.63) is 0 Å². The van der Waals surface area contributed by atoms with Crippen molar-refractivity contribution in [2.75, 3.05) is 13.1 Å². The lowest BCUT2D eigenvalue weighted by Crippen LogP contribution is -2.22. The van der Waals surface area contributed by atoms with Crippen LogP contribution in [0.25, 0.3) is 0 Å². The van der Waals surface area contributed by atoms with Crippen LogP contribution in [0.1, 0.15) is 19.3 Å². The molecule has 0 aliphatic rings. The molecular formula is C10H13NO. The maximum absolute atomic E-state index is 11.0. The highest BCUT2D eigenvalue weighted by atomic mass is 16.1. The number of hydrogen-bond acceptors (Lipinski definition) is 2. The predicted octanol–water partition coefficient (Wildman–Crippen LogP) is 0.582. The lowest BCUT2D eigenvalue weighted by molar-refractivity contribution is -0.118. The lowest BCUT2D eigenvalue weighted by atomic mass is 10.2. The fourth-order valence-electron chi connectivity index (χ4n) is 0.750. The number of carbonyl (C=O) groups excluding carboxylic acids is 1. The first-order chi connectivity index (χ1) is 5.81. The van der Waals surface area contributed by atoms with Crippen molar-refractivity contribution in [1.82, 2.24) is 5.32 Å². The smallest absolute Gasteiger partial charge is 0.146 e. The molecule has 1 N–H and O–H groups in total. The summed E-state index contributed by atoms with van der Waals surface area (Å²) in [7, 11) is 0. The molecule has 2 nitrogen and oxygen atoms in total. The van der Waals surface area contributed by atoms with Gasteiger partial charge in [-0.2, -0.15) is 0 Å². The van der Waals surface area contributed by atoms with E-state index in [0.717, 1.165) is 6.42 Å². The summed E-state index contributed by atoms with van der Waals surface area (Å²) >= 11 is 0. The average molecular weight is 163 g/mol. The number of unbranched alkanes of at least 4 members (excludes halogenated alkanes) is 1. The number of rotatable bonds is 6. The molecule has 0 spiro atoms. The highest BCUT2D eigenvalue weighted by molar-refractivity contribution is 5.80. The van der Waals surface area contributed by atoms with Gasteiger partial charge in [0.1, 0.15) is 5.78 Å². The SMILES string of the molecule is C#CCCCC(=O)CNCC#C. The third kappa shape index (κ3) is 6.86. The second kappa shape index (κ2) is 7.85. The summed E-state index contributed by atoms with van der Waals surface area (Å²) in [5, 5.41) is 2.82. The van der Waals surface area contributed by atoms with Crippen LogP contribution < -0.4 is 5.32 Å². The average Bonchev–Trinajstić information content (AvgIpc) is 2.06. The molecule has 0 atom stereocenters. The van der Waals surface area contributed by atoms with Crippen LogP contribution in [0.4, 0.5) is 0 Å². The second-order valence-corrected chi connectivity index (χ2v) is 2.40. The monoisotopic (exact) mass is 163 g/mol. The Hall–Kier alpha value is -1.25. The van der Waals surface area contributed by atoms with Crippen molar-refractivity contribution in [2.45, 2.75) is 19.3 Å². The van der Waals surface area contributed by atoms with Crippen LogP contribution in [-0.4, -0.2) is 18.9 Å². The summed E-state index contributed by atoms with van der Waals surface area (Å²) in [4.78, 5) is 11.0. The van der Waals surface area contributed by atoms with Gasteiger partial charge in [-0.05, 0) is 6.42 Å². The van der Waals surface area contributed by atoms with E-state index < -0.39 is 0 Å². The standard InChI is InChI=1S/C10H13NO/c1-3-5-6-7-10(12)9-11-8-4-2/h1-2,11H,5-9H2. The van der Waals surface area contributed by atoms with Crippen LogP contribution in [0, 0.1) is 24.7 Å². The van der Waals surface area contributed by atoms with E-state index in [1.807, 2.05) is 0 Å². The number of nitrogens with one attached hydrogen (secondary N) is 1. The van der Waals surface area contributed by atoms with Gasteiger partial charge in [-0.15, -0.1) is 18.8 Å². The van der Waals surface area contributed by atoms with Gasteiger partial charge in [0, 0.05) is 12.8 Å². The molecule has 0 rings (SSSR count). The van der Waals surface area contributed by atoms with Crippen molar-refractivity contribution in [3.63, 3.8) is 0 Å². The fourth-order valence-corrected chi connectivity index (χ4v) is 0.750. The van der Waals surface area contributed by atoms with Crippen LogP contribution in [0.2, 0.25) is 0 Å². The van der Waals surface area contributed by atoms with Gasteiger partial charge in [0.15, 0.2) is 0 Å². The summed E-state index contributed by atoms with van der Waals surface area (Å²) in [6, 6.07) is 0. The molecule has 0 unspecified atom stereocenters. The van der Waals surface area contributed by atoms with E-state index in [1.165, 1.54) is 0 Å². The quantitative estimate of drug-likeness (QED) is 0.458. The zero-order chi connectivity index (χ0) is 9.23. The van der Waals surface area contributed by atoms with Crippen LogP contribution >= 0.6 is 0 Å². The van der Waals surface area contributed by atoms with Gasteiger partial charge in [0.25, 0.3) is 0 Å². The Labute approximate surface area is 73.7 Å². The van der Waals surface area contributed by atoms with Crippen molar-refractivity contribution in [2.24, 2.45) is 0 Å². The molecule has 0 heterocycles. The molecule has 0 radical (unpaired) electrons. The summed E-state index contributed by atoms with van der Waals surface area (Å²) < 4.78 is 0. The van der Waals surface area contributed by atoms with Gasteiger partial charge in [0.2, 0.25) is 0 Å². The number of terminal acetylenes is 2. The Morgan fingerprint density at radius 2 is 2.08 bits per heavy atom. The Morgan fingerprint density at radius 3 is 2.67 bits per heavy atom. The zero-order valence-corrected chi connectivity index (χ0v) is 7.10. The third-order valence-corrected chi connectivity index (χ3v) is 1.33. The molecule has 0 aliphatic heterocycles. The molecule has 64 valence electrons. The van der Waals surface area contributed by atoms with Crippen LogP contribution in [-0.2, 0) is 4.79 Å². The van der Waals surface area contributed by atoms with Crippen molar-refractivity contribution in [1.29, 1.82) is 0 Å². The van der Waals surface area contributed by atoms with Crippen LogP contribution in [0.15, 0.2) is 0 Å². The molecular weight excluding hydrogens is 150 g/mol. The first kappa shape index (κ1) is 10.8. The zero-order valence-electron chi connectivity index (χ0n) is 7.10. The van der Waals surface area contributed by atoms with Crippen LogP contribution in [0.5, 0.6) is 0 Å². The Morgan fingerprint density at radius 1 is 1.33 bits per heavy atom. The highest BCUT2D eigenvalue weighted by Crippen LogP contribution is 1.93. The first-order valence-electron chi connectivity index (χ1n) is 3.90. The lowest BCUT2D eigenvalue weighted by Gasteiger charge is -1.98. The first-order valence-corrected chi connectivity index (χ1v) is 3.90. The number of ketones is 1. The molecule has 0 amide bonds. The van der Waals surface area contributed by atoms with Gasteiger partial charge in [-0.3, -0.25) is 10.1 Å². The minimum Gasteiger partial charge on any atom is -0.299 e. The van der Waals surface area contributed by atoms with Gasteiger partial charge in [0.05, 0.1) is 13.1 Å². The van der Waals surface area contributed by atoms with E-state index in [2.05, 4.69) is 17.2 Å². The van der Waals surface area contributed by atoms with Gasteiger partial charge >= 0.3 is 0 Å². The molecule has 0 fully saturated rings. The van der Waals surface area contributed by atoms with E-state index in [1.54, 1.807) is 0 Å². The van der Waals surface area contributed by atoms with Gasteiger partial charge in [-0.25, -0.2) is 0 Å². The third-order valence-electron chi connectivity index (χ3n) is 1.33. The minimum atomic E-state index is 0.167. The summed E-state index contributed by atoms with van der Waals surface area (Å²) in [6.45, 7) is 0.801. The molecule has 0 saturated heterocycles. The topological polar surface area (TPSA) is 29.1 Å². The highest BCUT2D eigenvalue weighted by Gasteiger charge is 1.98. The molecule has 12 heavy (non-hydrogen) atoms.